The molecular weight excluding hydrogens is 274 g/mol. The van der Waals surface area contributed by atoms with E-state index < -0.39 is 7.32 Å². The van der Waals surface area contributed by atoms with Crippen LogP contribution in [0.1, 0.15) is 0 Å². The van der Waals surface area contributed by atoms with E-state index in [0.29, 0.717) is 0 Å². The first-order valence-electron chi connectivity index (χ1n) is 0.775. The third kappa shape index (κ3) is 32.0. The van der Waals surface area contributed by atoms with Gasteiger partial charge in [0.15, 0.2) is 0 Å². The van der Waals surface area contributed by atoms with Gasteiger partial charge in [0.2, 0.25) is 0 Å². The number of hydrogen-bond acceptors (Lipinski definition) is 3. The molecule has 0 spiro atoms. The van der Waals surface area contributed by atoms with Gasteiger partial charge in [0, 0.05) is 36.9 Å². The van der Waals surface area contributed by atoms with Crippen molar-refractivity contribution in [2.45, 2.75) is 0 Å². The Balaban J connectivity index is -0.0000000450. The molecule has 0 rings (SSSR count). The Labute approximate surface area is 95.1 Å². The Morgan fingerprint density at radius 1 is 1.00 bits per heavy atom. The fraction of sp³-hybridized carbons (Fsp3) is 0. The predicted molar refractivity (Wildman–Crippen MR) is 21.0 cm³/mol. The molecule has 0 aliphatic heterocycles. The van der Waals surface area contributed by atoms with E-state index in [0.717, 1.165) is 0 Å². The average Bonchev–Trinajstić information content (AvgIpc) is 0.811. The van der Waals surface area contributed by atoms with Crippen LogP contribution in [-0.4, -0.2) is 60.1 Å². The van der Waals surface area contributed by atoms with E-state index in [9.17, 15) is 0 Å². The summed E-state index contributed by atoms with van der Waals surface area (Å²) in [6.45, 7) is 0. The van der Waals surface area contributed by atoms with Crippen LogP contribution in [0.5, 0.6) is 0 Å². The Morgan fingerprint density at radius 3 is 1.00 bits per heavy atom. The fourth-order valence-electron chi connectivity index (χ4n) is 0. The summed E-state index contributed by atoms with van der Waals surface area (Å²) in [6.07, 6.45) is 0. The first-order chi connectivity index (χ1) is 1.73. The molecule has 0 saturated carbocycles. The van der Waals surface area contributed by atoms with Crippen LogP contribution >= 0.6 is 0 Å². The SMILES string of the molecule is OB(O)O.[CaH2].[Lu]. The molecule has 0 aromatic rings. The molecule has 0 saturated heterocycles. The van der Waals surface area contributed by atoms with Gasteiger partial charge in [-0.05, 0) is 0 Å². The maximum atomic E-state index is 7.17. The zero-order chi connectivity index (χ0) is 3.58. The average molecular weight is 279 g/mol. The third-order valence-corrected chi connectivity index (χ3v) is 0. The van der Waals surface area contributed by atoms with Gasteiger partial charge in [0.25, 0.3) is 0 Å². The van der Waals surface area contributed by atoms with E-state index >= 15 is 0 Å². The number of rotatable bonds is 0. The fourth-order valence-corrected chi connectivity index (χ4v) is 0. The Hall–Kier alpha value is 2.44. The molecule has 0 fully saturated rings. The summed E-state index contributed by atoms with van der Waals surface area (Å²) in [5.74, 6) is 0. The quantitative estimate of drug-likeness (QED) is 0.415. The molecule has 6 heteroatoms. The molecule has 3 nitrogen and oxygen atoms in total. The molecule has 1 radical (unpaired) electrons. The van der Waals surface area contributed by atoms with E-state index in [2.05, 4.69) is 0 Å². The first-order valence-corrected chi connectivity index (χ1v) is 0.775. The van der Waals surface area contributed by atoms with Gasteiger partial charge in [-0.2, -0.15) is 0 Å². The van der Waals surface area contributed by atoms with E-state index in [1.54, 1.807) is 0 Å². The van der Waals surface area contributed by atoms with Crippen LogP contribution in [-0.2, 0) is 0 Å². The minimum absolute atomic E-state index is 0. The summed E-state index contributed by atoms with van der Waals surface area (Å²) in [5, 5.41) is 21.5. The third-order valence-electron chi connectivity index (χ3n) is 0. The van der Waals surface area contributed by atoms with Crippen LogP contribution in [0.3, 0.4) is 0 Å². The molecule has 0 heterocycles. The van der Waals surface area contributed by atoms with Crippen molar-refractivity contribution in [3.63, 3.8) is 0 Å². The van der Waals surface area contributed by atoms with Crippen LogP contribution in [0.25, 0.3) is 0 Å². The molecule has 0 bridgehead atoms. The molecule has 0 amide bonds. The minimum atomic E-state index is -2.17. The standard InChI is InChI=1S/BH3O3.Ca.Lu.2H/c2-1(3)4;;;;/h2-4H;;;;. The number of hydrogen-bond donors (Lipinski definition) is 3. The van der Waals surface area contributed by atoms with Crippen molar-refractivity contribution < 1.29 is 51.9 Å². The minimum Gasteiger partial charge on any atom is 0 e. The van der Waals surface area contributed by atoms with E-state index in [-0.39, 0.29) is 74.6 Å². The summed E-state index contributed by atoms with van der Waals surface area (Å²) in [5.41, 5.74) is 0. The molecule has 6 heavy (non-hydrogen) atoms. The van der Waals surface area contributed by atoms with Gasteiger partial charge in [-0.1, -0.05) is 0 Å². The molecule has 0 atom stereocenters. The largest absolute Gasteiger partial charge is 0 e. The molecule has 0 aromatic heterocycles. The summed E-state index contributed by atoms with van der Waals surface area (Å²) < 4.78 is 0. The van der Waals surface area contributed by atoms with Crippen LogP contribution in [0.2, 0.25) is 0 Å². The van der Waals surface area contributed by atoms with Crippen LogP contribution in [0, 0.1) is 36.9 Å². The summed E-state index contributed by atoms with van der Waals surface area (Å²) in [4.78, 5) is 0. The van der Waals surface area contributed by atoms with Gasteiger partial charge in [0.05, 0.1) is 0 Å². The van der Waals surface area contributed by atoms with Crippen molar-refractivity contribution in [1.29, 1.82) is 0 Å². The van der Waals surface area contributed by atoms with E-state index in [1.807, 2.05) is 0 Å². The molecule has 0 aliphatic rings. The van der Waals surface area contributed by atoms with Crippen LogP contribution in [0.4, 0.5) is 0 Å². The Morgan fingerprint density at radius 2 is 1.00 bits per heavy atom. The van der Waals surface area contributed by atoms with Gasteiger partial charge >= 0.3 is 45.1 Å². The van der Waals surface area contributed by atoms with Crippen molar-refractivity contribution in [2.75, 3.05) is 0 Å². The molecule has 0 unspecified atom stereocenters. The van der Waals surface area contributed by atoms with Crippen LogP contribution in [0.15, 0.2) is 0 Å². The van der Waals surface area contributed by atoms with Crippen molar-refractivity contribution in [2.24, 2.45) is 0 Å². The zero-order valence-electron chi connectivity index (χ0n) is 2.18. The molecular formula is H5BCaLuO3. The Kier molecular flexibility index (Phi) is 27.4. The van der Waals surface area contributed by atoms with Crippen LogP contribution < -0.4 is 0 Å². The topological polar surface area (TPSA) is 60.7 Å². The molecule has 0 aromatic carbocycles. The van der Waals surface area contributed by atoms with Crippen molar-refractivity contribution in [3.05, 3.63) is 0 Å². The second-order valence-electron chi connectivity index (χ2n) is 0.346. The smallest absolute Gasteiger partial charge is 0 e. The van der Waals surface area contributed by atoms with Gasteiger partial charge < -0.3 is 15.1 Å². The molecule has 0 aliphatic carbocycles. The Bertz CT molecular complexity index is 15.5. The summed E-state index contributed by atoms with van der Waals surface area (Å²) in [6, 6.07) is 0. The monoisotopic (exact) mass is 279 g/mol. The summed E-state index contributed by atoms with van der Waals surface area (Å²) in [7, 11) is -2.17. The maximum Gasteiger partial charge on any atom is 0 e. The van der Waals surface area contributed by atoms with Crippen molar-refractivity contribution in [3.8, 4) is 0 Å². The van der Waals surface area contributed by atoms with Gasteiger partial charge in [0.1, 0.15) is 0 Å². The van der Waals surface area contributed by atoms with E-state index in [1.165, 1.54) is 0 Å². The second-order valence-corrected chi connectivity index (χ2v) is 0.346. The maximum absolute atomic E-state index is 7.17. The van der Waals surface area contributed by atoms with Gasteiger partial charge in [-0.3, -0.25) is 0 Å². The summed E-state index contributed by atoms with van der Waals surface area (Å²) >= 11 is 0. The molecule has 3 N–H and O–H groups in total. The van der Waals surface area contributed by atoms with Crippen molar-refractivity contribution >= 4 is 45.1 Å². The van der Waals surface area contributed by atoms with Gasteiger partial charge in [-0.15, -0.1) is 0 Å². The molecule has 43 valence electrons. The predicted octanol–water partition coefficient (Wildman–Crippen LogP) is -2.97. The normalized spacial score (nSPS) is 4.50. The van der Waals surface area contributed by atoms with E-state index in [4.69, 9.17) is 15.1 Å². The van der Waals surface area contributed by atoms with Gasteiger partial charge in [-0.25, -0.2) is 0 Å². The van der Waals surface area contributed by atoms with Crippen molar-refractivity contribution in [1.82, 2.24) is 0 Å². The first kappa shape index (κ1) is 15.8. The zero-order valence-corrected chi connectivity index (χ0v) is 3.83. The second kappa shape index (κ2) is 10.4.